The van der Waals surface area contributed by atoms with Crippen molar-refractivity contribution in [2.75, 3.05) is 0 Å². The van der Waals surface area contributed by atoms with Gasteiger partial charge in [0.15, 0.2) is 8.32 Å². The first kappa shape index (κ1) is 26.6. The second kappa shape index (κ2) is 9.92. The molecule has 34 heavy (non-hydrogen) atoms. The van der Waals surface area contributed by atoms with Crippen molar-refractivity contribution in [3.05, 3.63) is 75.8 Å². The second-order valence-electron chi connectivity index (χ2n) is 12.2. The van der Waals surface area contributed by atoms with Crippen LogP contribution in [-0.4, -0.2) is 35.8 Å². The Balaban J connectivity index is 1.94. The number of rotatable bonds is 7. The van der Waals surface area contributed by atoms with E-state index in [1.54, 1.807) is 12.1 Å². The lowest BCUT2D eigenvalue weighted by Crippen LogP contribution is -2.53. The van der Waals surface area contributed by atoms with Crippen LogP contribution in [0, 0.1) is 10.1 Å². The summed E-state index contributed by atoms with van der Waals surface area (Å²) < 4.78 is 7.16. The molecule has 1 aliphatic rings. The van der Waals surface area contributed by atoms with E-state index in [2.05, 4.69) is 89.9 Å². The van der Waals surface area contributed by atoms with Gasteiger partial charge in [0.25, 0.3) is 5.69 Å². The van der Waals surface area contributed by atoms with Gasteiger partial charge in [0.05, 0.1) is 11.0 Å². The predicted molar refractivity (Wildman–Crippen MR) is 143 cm³/mol. The average Bonchev–Trinajstić information content (AvgIpc) is 3.16. The standard InChI is InChI=1S/C28H42N2O3Si/c1-27(2,3)29-24(20-21-14-16-23(17-15-21)30(31)32)18-19-25(29)26(22-12-10-9-11-13-22)33-34(7,8)28(4,5)6/h9-17,24-26H,18-20H2,1-8H3/t24-,25+,26+/m0/s1. The van der Waals surface area contributed by atoms with E-state index in [0.29, 0.717) is 6.04 Å². The number of benzene rings is 2. The minimum Gasteiger partial charge on any atom is -0.408 e. The fourth-order valence-electron chi connectivity index (χ4n) is 4.99. The van der Waals surface area contributed by atoms with E-state index in [9.17, 15) is 10.1 Å². The van der Waals surface area contributed by atoms with Crippen LogP contribution < -0.4 is 0 Å². The van der Waals surface area contributed by atoms with E-state index in [0.717, 1.165) is 24.8 Å². The maximum Gasteiger partial charge on any atom is 0.269 e. The van der Waals surface area contributed by atoms with Crippen LogP contribution in [0.25, 0.3) is 0 Å². The number of likely N-dealkylation sites (tertiary alicyclic amines) is 1. The minimum absolute atomic E-state index is 0.0168. The van der Waals surface area contributed by atoms with Crippen LogP contribution in [0.5, 0.6) is 0 Å². The zero-order chi connectivity index (χ0) is 25.3. The lowest BCUT2D eigenvalue weighted by Gasteiger charge is -2.47. The number of non-ortho nitro benzene ring substituents is 1. The lowest BCUT2D eigenvalue weighted by molar-refractivity contribution is -0.384. The highest BCUT2D eigenvalue weighted by molar-refractivity contribution is 6.74. The number of nitro benzene ring substituents is 1. The van der Waals surface area contributed by atoms with Crippen molar-refractivity contribution >= 4 is 14.0 Å². The Kier molecular flexibility index (Phi) is 7.75. The summed E-state index contributed by atoms with van der Waals surface area (Å²) in [7, 11) is -2.01. The summed E-state index contributed by atoms with van der Waals surface area (Å²) in [6, 6.07) is 18.4. The van der Waals surface area contributed by atoms with Gasteiger partial charge < -0.3 is 4.43 Å². The van der Waals surface area contributed by atoms with Gasteiger partial charge in [-0.1, -0.05) is 63.2 Å². The van der Waals surface area contributed by atoms with Crippen molar-refractivity contribution in [3.63, 3.8) is 0 Å². The Hall–Kier alpha value is -2.02. The Labute approximate surface area is 206 Å². The van der Waals surface area contributed by atoms with Crippen LogP contribution in [0.3, 0.4) is 0 Å². The monoisotopic (exact) mass is 482 g/mol. The SMILES string of the molecule is CC(C)(C)N1[C@H](Cc2ccc([N+](=O)[O-])cc2)CC[C@@H]1[C@H](O[Si](C)(C)C(C)(C)C)c1ccccc1. The molecule has 0 spiro atoms. The molecule has 2 aromatic carbocycles. The van der Waals surface area contributed by atoms with E-state index >= 15 is 0 Å². The van der Waals surface area contributed by atoms with Crippen LogP contribution in [0.4, 0.5) is 5.69 Å². The highest BCUT2D eigenvalue weighted by Crippen LogP contribution is 2.45. The Bertz CT molecular complexity index is 962. The van der Waals surface area contributed by atoms with Crippen LogP contribution in [0.2, 0.25) is 18.1 Å². The smallest absolute Gasteiger partial charge is 0.269 e. The molecule has 2 aromatic rings. The maximum absolute atomic E-state index is 11.1. The molecule has 0 aromatic heterocycles. The Morgan fingerprint density at radius 2 is 1.59 bits per heavy atom. The van der Waals surface area contributed by atoms with E-state index < -0.39 is 8.32 Å². The van der Waals surface area contributed by atoms with Crippen LogP contribution in [-0.2, 0) is 10.8 Å². The van der Waals surface area contributed by atoms with Crippen LogP contribution >= 0.6 is 0 Å². The van der Waals surface area contributed by atoms with E-state index in [-0.39, 0.29) is 33.3 Å². The minimum atomic E-state index is -2.01. The molecule has 6 heteroatoms. The summed E-state index contributed by atoms with van der Waals surface area (Å²) in [6.45, 7) is 18.5. The summed E-state index contributed by atoms with van der Waals surface area (Å²) in [5.41, 5.74) is 2.51. The molecular weight excluding hydrogens is 440 g/mol. The first-order valence-corrected chi connectivity index (χ1v) is 15.4. The van der Waals surface area contributed by atoms with Crippen molar-refractivity contribution < 1.29 is 9.35 Å². The third kappa shape index (κ3) is 5.96. The molecule has 0 unspecified atom stereocenters. The molecule has 0 aliphatic carbocycles. The number of hydrogen-bond acceptors (Lipinski definition) is 4. The topological polar surface area (TPSA) is 55.6 Å². The highest BCUT2D eigenvalue weighted by atomic mass is 28.4. The normalized spacial score (nSPS) is 20.9. The van der Waals surface area contributed by atoms with Gasteiger partial charge in [0.1, 0.15) is 0 Å². The van der Waals surface area contributed by atoms with Crippen LogP contribution in [0.15, 0.2) is 54.6 Å². The zero-order valence-electron chi connectivity index (χ0n) is 22.2. The predicted octanol–water partition coefficient (Wildman–Crippen LogP) is 7.53. The molecule has 0 radical (unpaired) electrons. The van der Waals surface area contributed by atoms with Crippen molar-refractivity contribution in [2.24, 2.45) is 0 Å². The van der Waals surface area contributed by atoms with Crippen molar-refractivity contribution in [1.82, 2.24) is 4.90 Å². The fourth-order valence-corrected chi connectivity index (χ4v) is 6.27. The van der Waals surface area contributed by atoms with E-state index in [1.165, 1.54) is 5.56 Å². The molecule has 0 N–H and O–H groups in total. The number of hydrogen-bond donors (Lipinski definition) is 0. The molecule has 3 rings (SSSR count). The van der Waals surface area contributed by atoms with Gasteiger partial charge in [-0.05, 0) is 69.3 Å². The van der Waals surface area contributed by atoms with E-state index in [1.807, 2.05) is 12.1 Å². The molecule has 0 saturated carbocycles. The Morgan fingerprint density at radius 1 is 1.00 bits per heavy atom. The molecular formula is C28H42N2O3Si. The third-order valence-corrected chi connectivity index (χ3v) is 12.1. The maximum atomic E-state index is 11.1. The molecule has 1 aliphatic heterocycles. The molecule has 3 atom stereocenters. The van der Waals surface area contributed by atoms with Gasteiger partial charge in [0, 0.05) is 29.8 Å². The molecule has 1 fully saturated rings. The van der Waals surface area contributed by atoms with Gasteiger partial charge in [0.2, 0.25) is 0 Å². The zero-order valence-corrected chi connectivity index (χ0v) is 23.2. The summed E-state index contributed by atoms with van der Waals surface area (Å²) in [5.74, 6) is 0. The molecule has 1 heterocycles. The first-order chi connectivity index (χ1) is 15.7. The van der Waals surface area contributed by atoms with Crippen molar-refractivity contribution in [3.8, 4) is 0 Å². The first-order valence-electron chi connectivity index (χ1n) is 12.5. The molecule has 1 saturated heterocycles. The summed E-state index contributed by atoms with van der Waals surface area (Å²) >= 11 is 0. The highest BCUT2D eigenvalue weighted by Gasteiger charge is 2.47. The van der Waals surface area contributed by atoms with Crippen LogP contribution in [0.1, 0.15) is 71.6 Å². The number of nitrogens with zero attached hydrogens (tertiary/aromatic N) is 2. The number of nitro groups is 1. The second-order valence-corrected chi connectivity index (χ2v) is 17.0. The van der Waals surface area contributed by atoms with Gasteiger partial charge in [-0.2, -0.15) is 0 Å². The van der Waals surface area contributed by atoms with Crippen molar-refractivity contribution in [2.45, 2.75) is 103 Å². The third-order valence-electron chi connectivity index (χ3n) is 7.64. The van der Waals surface area contributed by atoms with Gasteiger partial charge in [-0.3, -0.25) is 15.0 Å². The Morgan fingerprint density at radius 3 is 2.09 bits per heavy atom. The molecule has 5 nitrogen and oxygen atoms in total. The molecule has 186 valence electrons. The van der Waals surface area contributed by atoms with Gasteiger partial charge >= 0.3 is 0 Å². The summed E-state index contributed by atoms with van der Waals surface area (Å²) in [4.78, 5) is 13.4. The largest absolute Gasteiger partial charge is 0.408 e. The quantitative estimate of drug-likeness (QED) is 0.232. The fraction of sp³-hybridized carbons (Fsp3) is 0.571. The molecule has 0 amide bonds. The lowest BCUT2D eigenvalue weighted by atomic mass is 9.95. The summed E-state index contributed by atoms with van der Waals surface area (Å²) in [6.07, 6.45) is 3.06. The van der Waals surface area contributed by atoms with Crippen molar-refractivity contribution in [1.29, 1.82) is 0 Å². The molecule has 0 bridgehead atoms. The van der Waals surface area contributed by atoms with Gasteiger partial charge in [-0.25, -0.2) is 0 Å². The van der Waals surface area contributed by atoms with E-state index in [4.69, 9.17) is 4.43 Å². The van der Waals surface area contributed by atoms with Gasteiger partial charge in [-0.15, -0.1) is 0 Å². The average molecular weight is 483 g/mol. The summed E-state index contributed by atoms with van der Waals surface area (Å²) in [5, 5.41) is 11.2.